The first-order chi connectivity index (χ1) is 14.4. The van der Waals surface area contributed by atoms with E-state index in [9.17, 15) is 14.6 Å². The largest absolute Gasteiger partial charge is 0.459 e. The van der Waals surface area contributed by atoms with Crippen molar-refractivity contribution in [1.82, 2.24) is 4.98 Å². The van der Waals surface area contributed by atoms with Gasteiger partial charge in [0.15, 0.2) is 0 Å². The van der Waals surface area contributed by atoms with Gasteiger partial charge in [0.1, 0.15) is 27.7 Å². The Bertz CT molecular complexity index is 1160. The Morgan fingerprint density at radius 2 is 1.80 bits per heavy atom. The van der Waals surface area contributed by atoms with E-state index in [0.29, 0.717) is 11.3 Å². The van der Waals surface area contributed by atoms with E-state index in [2.05, 4.69) is 4.98 Å². The number of rotatable bonds is 7. The molecule has 2 aromatic heterocycles. The summed E-state index contributed by atoms with van der Waals surface area (Å²) in [6.45, 7) is 1.18. The highest BCUT2D eigenvalue weighted by atomic mass is 32.1. The third-order valence-electron chi connectivity index (χ3n) is 5.26. The van der Waals surface area contributed by atoms with Gasteiger partial charge in [0.2, 0.25) is 0 Å². The first kappa shape index (κ1) is 20.7. The second-order valence-corrected chi connectivity index (χ2v) is 8.57. The van der Waals surface area contributed by atoms with Gasteiger partial charge in [0.05, 0.1) is 18.9 Å². The summed E-state index contributed by atoms with van der Waals surface area (Å²) in [5.74, 6) is 0.108. The molecule has 0 radical (unpaired) electrons. The molecule has 0 aliphatic carbocycles. The van der Waals surface area contributed by atoms with Crippen LogP contribution >= 0.6 is 11.3 Å². The van der Waals surface area contributed by atoms with Crippen molar-refractivity contribution in [3.8, 4) is 10.6 Å². The molecular weight excluding hydrogens is 403 g/mol. The number of hydrogen-bond acceptors (Lipinski definition) is 6. The van der Waals surface area contributed by atoms with Crippen LogP contribution in [0.15, 0.2) is 52.9 Å². The number of benzene rings is 2. The van der Waals surface area contributed by atoms with Crippen LogP contribution < -0.4 is 5.73 Å². The summed E-state index contributed by atoms with van der Waals surface area (Å²) in [5, 5.41) is 20.7. The van der Waals surface area contributed by atoms with E-state index in [-0.39, 0.29) is 5.82 Å². The van der Waals surface area contributed by atoms with Crippen LogP contribution in [0.2, 0.25) is 0 Å². The molecule has 0 atom stereocenters. The van der Waals surface area contributed by atoms with Crippen molar-refractivity contribution >= 4 is 22.3 Å². The smallest absolute Gasteiger partial charge is 0.134 e. The van der Waals surface area contributed by atoms with Crippen LogP contribution in [0.4, 0.5) is 4.39 Å². The molecule has 0 aliphatic rings. The normalized spacial score (nSPS) is 12.0. The maximum atomic E-state index is 13.2. The summed E-state index contributed by atoms with van der Waals surface area (Å²) >= 11 is 1.63. The molecule has 0 bridgehead atoms. The molecule has 2 heterocycles. The number of aryl methyl sites for hydroxylation is 3. The predicted octanol–water partition coefficient (Wildman–Crippen LogP) is 3.93. The molecule has 0 fully saturated rings. The lowest BCUT2D eigenvalue weighted by atomic mass is 9.99. The number of furan rings is 1. The molecule has 0 spiro atoms. The summed E-state index contributed by atoms with van der Waals surface area (Å²) in [5.41, 5.74) is 8.43. The maximum Gasteiger partial charge on any atom is 0.134 e. The van der Waals surface area contributed by atoms with Gasteiger partial charge in [0, 0.05) is 15.8 Å². The molecule has 4 aromatic rings. The van der Waals surface area contributed by atoms with Gasteiger partial charge in [0.25, 0.3) is 0 Å². The molecule has 2 aromatic carbocycles. The van der Waals surface area contributed by atoms with Crippen LogP contribution in [-0.4, -0.2) is 28.4 Å². The summed E-state index contributed by atoms with van der Waals surface area (Å²) in [6.07, 6.45) is 1.67. The van der Waals surface area contributed by atoms with Gasteiger partial charge in [-0.3, -0.25) is 0 Å². The lowest BCUT2D eigenvalue weighted by Crippen LogP contribution is -2.43. The van der Waals surface area contributed by atoms with E-state index >= 15 is 0 Å². The summed E-state index contributed by atoms with van der Waals surface area (Å²) in [6, 6.07) is 14.1. The zero-order valence-electron chi connectivity index (χ0n) is 16.6. The standard InChI is InChI=1S/C23H23FN2O3S/c1-14-20(30-22(26-14)16-4-6-18(24)7-5-16)9-3-15-2-8-19-17(10-15)11-21(29-19)23(25,12-27)13-28/h2,4-8,10-11,27-28H,3,9,12-13,25H2,1H3. The molecule has 4 rings (SSSR count). The predicted molar refractivity (Wildman–Crippen MR) is 116 cm³/mol. The molecule has 0 amide bonds. The number of nitrogens with two attached hydrogens (primary N) is 1. The van der Waals surface area contributed by atoms with E-state index in [4.69, 9.17) is 10.2 Å². The Labute approximate surface area is 177 Å². The van der Waals surface area contributed by atoms with Crippen LogP contribution in [0.3, 0.4) is 0 Å². The first-order valence-electron chi connectivity index (χ1n) is 9.67. The van der Waals surface area contributed by atoms with Crippen LogP contribution in [0.5, 0.6) is 0 Å². The topological polar surface area (TPSA) is 92.5 Å². The molecule has 156 valence electrons. The average molecular weight is 427 g/mol. The zero-order valence-corrected chi connectivity index (χ0v) is 17.4. The number of aromatic nitrogens is 1. The summed E-state index contributed by atoms with van der Waals surface area (Å²) in [4.78, 5) is 5.84. The van der Waals surface area contributed by atoms with E-state index in [1.54, 1.807) is 29.5 Å². The van der Waals surface area contributed by atoms with Gasteiger partial charge in [-0.25, -0.2) is 9.37 Å². The number of hydrogen-bond donors (Lipinski definition) is 3. The lowest BCUT2D eigenvalue weighted by Gasteiger charge is -2.21. The molecule has 7 heteroatoms. The van der Waals surface area contributed by atoms with E-state index < -0.39 is 18.8 Å². The molecule has 0 saturated carbocycles. The minimum Gasteiger partial charge on any atom is -0.459 e. The summed E-state index contributed by atoms with van der Waals surface area (Å²) < 4.78 is 18.9. The second-order valence-electron chi connectivity index (χ2n) is 7.49. The number of aliphatic hydroxyl groups excluding tert-OH is 2. The van der Waals surface area contributed by atoms with Crippen molar-refractivity contribution in [2.45, 2.75) is 25.3 Å². The Kier molecular flexibility index (Phi) is 5.71. The van der Waals surface area contributed by atoms with E-state index in [1.165, 1.54) is 17.0 Å². The highest BCUT2D eigenvalue weighted by Gasteiger charge is 2.29. The van der Waals surface area contributed by atoms with Crippen molar-refractivity contribution in [2.75, 3.05) is 13.2 Å². The maximum absolute atomic E-state index is 13.2. The average Bonchev–Trinajstić information content (AvgIpc) is 3.35. The molecule has 30 heavy (non-hydrogen) atoms. The highest BCUT2D eigenvalue weighted by Crippen LogP contribution is 2.30. The third-order valence-corrected chi connectivity index (χ3v) is 6.53. The fraction of sp³-hybridized carbons (Fsp3) is 0.261. The SMILES string of the molecule is Cc1nc(-c2ccc(F)cc2)sc1CCc1ccc2oc(C(N)(CO)CO)cc2c1. The van der Waals surface area contributed by atoms with E-state index in [0.717, 1.165) is 40.1 Å². The van der Waals surface area contributed by atoms with Gasteiger partial charge in [-0.2, -0.15) is 0 Å². The van der Waals surface area contributed by atoms with Crippen molar-refractivity contribution in [3.05, 3.63) is 76.2 Å². The van der Waals surface area contributed by atoms with Crippen LogP contribution in [0, 0.1) is 12.7 Å². The summed E-state index contributed by atoms with van der Waals surface area (Å²) in [7, 11) is 0. The van der Waals surface area contributed by atoms with Crippen LogP contribution in [0.1, 0.15) is 21.9 Å². The van der Waals surface area contributed by atoms with Crippen LogP contribution in [0.25, 0.3) is 21.5 Å². The molecule has 0 aliphatic heterocycles. The monoisotopic (exact) mass is 426 g/mol. The molecule has 5 nitrogen and oxygen atoms in total. The third kappa shape index (κ3) is 4.02. The first-order valence-corrected chi connectivity index (χ1v) is 10.5. The van der Waals surface area contributed by atoms with Crippen LogP contribution in [-0.2, 0) is 18.4 Å². The van der Waals surface area contributed by atoms with Crippen molar-refractivity contribution in [1.29, 1.82) is 0 Å². The molecule has 0 unspecified atom stereocenters. The van der Waals surface area contributed by atoms with Crippen molar-refractivity contribution < 1.29 is 19.0 Å². The van der Waals surface area contributed by atoms with Crippen molar-refractivity contribution in [3.63, 3.8) is 0 Å². The number of aliphatic hydroxyl groups is 2. The van der Waals surface area contributed by atoms with Gasteiger partial charge in [-0.15, -0.1) is 11.3 Å². The number of fused-ring (bicyclic) bond motifs is 1. The van der Waals surface area contributed by atoms with Gasteiger partial charge in [-0.05, 0) is 67.8 Å². The lowest BCUT2D eigenvalue weighted by molar-refractivity contribution is 0.105. The molecule has 0 saturated heterocycles. The van der Waals surface area contributed by atoms with Gasteiger partial charge >= 0.3 is 0 Å². The fourth-order valence-electron chi connectivity index (χ4n) is 3.33. The Morgan fingerprint density at radius 3 is 2.50 bits per heavy atom. The Hall–Kier alpha value is -2.58. The molecular formula is C23H23FN2O3S. The molecule has 4 N–H and O–H groups in total. The number of nitrogens with zero attached hydrogens (tertiary/aromatic N) is 1. The number of thiazole rings is 1. The Balaban J connectivity index is 1.52. The number of halogens is 1. The minimum absolute atomic E-state index is 0.255. The fourth-order valence-corrected chi connectivity index (χ4v) is 4.40. The quantitative estimate of drug-likeness (QED) is 0.416. The zero-order chi connectivity index (χ0) is 21.3. The minimum atomic E-state index is -1.30. The Morgan fingerprint density at radius 1 is 1.07 bits per heavy atom. The highest BCUT2D eigenvalue weighted by molar-refractivity contribution is 7.15. The second kappa shape index (κ2) is 8.28. The van der Waals surface area contributed by atoms with Gasteiger partial charge < -0.3 is 20.4 Å². The van der Waals surface area contributed by atoms with E-state index in [1.807, 2.05) is 25.1 Å². The van der Waals surface area contributed by atoms with Crippen molar-refractivity contribution in [2.24, 2.45) is 5.73 Å². The van der Waals surface area contributed by atoms with Gasteiger partial charge in [-0.1, -0.05) is 6.07 Å².